The van der Waals surface area contributed by atoms with Crippen molar-refractivity contribution in [2.75, 3.05) is 6.54 Å². The van der Waals surface area contributed by atoms with Crippen molar-refractivity contribution in [1.29, 1.82) is 0 Å². The molecule has 0 saturated heterocycles. The van der Waals surface area contributed by atoms with Crippen molar-refractivity contribution in [3.05, 3.63) is 71.0 Å². The average Bonchev–Trinajstić information content (AvgIpc) is 2.63. The van der Waals surface area contributed by atoms with Crippen LogP contribution in [0.3, 0.4) is 0 Å². The van der Waals surface area contributed by atoms with Gasteiger partial charge in [-0.25, -0.2) is 4.39 Å². The van der Waals surface area contributed by atoms with Crippen molar-refractivity contribution in [2.45, 2.75) is 52.0 Å². The molecular formula is C23H31FN2O. The van der Waals surface area contributed by atoms with Crippen molar-refractivity contribution < 1.29 is 9.18 Å². The molecule has 2 aromatic carbocycles. The van der Waals surface area contributed by atoms with Gasteiger partial charge in [0.2, 0.25) is 5.91 Å². The summed E-state index contributed by atoms with van der Waals surface area (Å²) in [4.78, 5) is 12.1. The van der Waals surface area contributed by atoms with Crippen molar-refractivity contribution in [2.24, 2.45) is 11.7 Å². The summed E-state index contributed by atoms with van der Waals surface area (Å²) in [6.45, 7) is 6.77. The first kappa shape index (κ1) is 21.1. The normalized spacial score (nSPS) is 13.4. The van der Waals surface area contributed by atoms with E-state index < -0.39 is 6.04 Å². The van der Waals surface area contributed by atoms with Crippen LogP contribution in [-0.4, -0.2) is 18.5 Å². The van der Waals surface area contributed by atoms with Gasteiger partial charge in [-0.3, -0.25) is 4.79 Å². The summed E-state index contributed by atoms with van der Waals surface area (Å²) in [7, 11) is 0. The van der Waals surface area contributed by atoms with E-state index >= 15 is 0 Å². The van der Waals surface area contributed by atoms with Crippen LogP contribution in [0.5, 0.6) is 0 Å². The van der Waals surface area contributed by atoms with Crippen LogP contribution in [0.1, 0.15) is 55.7 Å². The molecule has 2 atom stereocenters. The third-order valence-electron chi connectivity index (χ3n) is 4.78. The Balaban J connectivity index is 1.97. The maximum atomic E-state index is 13.3. The molecule has 3 nitrogen and oxygen atoms in total. The number of halogens is 1. The van der Waals surface area contributed by atoms with Crippen molar-refractivity contribution in [1.82, 2.24) is 5.32 Å². The van der Waals surface area contributed by atoms with Crippen LogP contribution in [0.4, 0.5) is 4.39 Å². The number of aryl methyl sites for hydroxylation is 1. The van der Waals surface area contributed by atoms with Crippen molar-refractivity contribution in [3.63, 3.8) is 0 Å². The van der Waals surface area contributed by atoms with E-state index in [4.69, 9.17) is 5.73 Å². The first-order valence-electron chi connectivity index (χ1n) is 9.72. The third kappa shape index (κ3) is 6.79. The van der Waals surface area contributed by atoms with Crippen LogP contribution in [-0.2, 0) is 4.79 Å². The zero-order chi connectivity index (χ0) is 19.8. The summed E-state index contributed by atoms with van der Waals surface area (Å²) in [6, 6.07) is 14.7. The van der Waals surface area contributed by atoms with Crippen LogP contribution in [0.15, 0.2) is 48.5 Å². The predicted octanol–water partition coefficient (Wildman–Crippen LogP) is 4.54. The Hall–Kier alpha value is -2.20. The molecule has 0 radical (unpaired) electrons. The van der Waals surface area contributed by atoms with E-state index in [-0.39, 0.29) is 17.6 Å². The number of hydrogen-bond acceptors (Lipinski definition) is 2. The van der Waals surface area contributed by atoms with Crippen molar-refractivity contribution >= 4 is 5.91 Å². The van der Waals surface area contributed by atoms with Crippen LogP contribution >= 0.6 is 0 Å². The fourth-order valence-electron chi connectivity index (χ4n) is 3.28. The monoisotopic (exact) mass is 370 g/mol. The Morgan fingerprint density at radius 3 is 2.15 bits per heavy atom. The second kappa shape index (κ2) is 10.2. The van der Waals surface area contributed by atoms with Gasteiger partial charge in [0.1, 0.15) is 5.82 Å². The number of rotatable bonds is 9. The number of hydrogen-bond donors (Lipinski definition) is 2. The number of carbonyl (C=O) groups is 1. The molecule has 1 unspecified atom stereocenters. The van der Waals surface area contributed by atoms with Crippen LogP contribution in [0.25, 0.3) is 0 Å². The Labute approximate surface area is 162 Å². The Bertz CT molecular complexity index is 665. The number of amides is 1. The lowest BCUT2D eigenvalue weighted by Crippen LogP contribution is -2.41. The molecule has 146 valence electrons. The highest BCUT2D eigenvalue weighted by atomic mass is 19.1. The molecule has 4 heteroatoms. The summed E-state index contributed by atoms with van der Waals surface area (Å²) in [5, 5.41) is 2.94. The van der Waals surface area contributed by atoms with Gasteiger partial charge in [-0.05, 0) is 55.4 Å². The molecule has 0 aromatic heterocycles. The molecule has 0 spiro atoms. The summed E-state index contributed by atoms with van der Waals surface area (Å²) in [5.74, 6) is 0.257. The zero-order valence-corrected chi connectivity index (χ0v) is 16.5. The lowest BCUT2D eigenvalue weighted by Gasteiger charge is -2.19. The molecule has 0 aliphatic rings. The summed E-state index contributed by atoms with van der Waals surface area (Å²) >= 11 is 0. The highest BCUT2D eigenvalue weighted by Gasteiger charge is 2.16. The minimum absolute atomic E-state index is 0.0858. The number of nitrogens with two attached hydrogens (primary N) is 1. The zero-order valence-electron chi connectivity index (χ0n) is 16.5. The maximum Gasteiger partial charge on any atom is 0.236 e. The van der Waals surface area contributed by atoms with E-state index in [2.05, 4.69) is 50.4 Å². The molecule has 0 fully saturated rings. The van der Waals surface area contributed by atoms with Gasteiger partial charge in [0.05, 0.1) is 6.04 Å². The topological polar surface area (TPSA) is 55.1 Å². The highest BCUT2D eigenvalue weighted by molar-refractivity contribution is 5.81. The van der Waals surface area contributed by atoms with Gasteiger partial charge in [-0.2, -0.15) is 0 Å². The molecule has 0 bridgehead atoms. The van der Waals surface area contributed by atoms with Gasteiger partial charge in [-0.1, -0.05) is 55.8 Å². The molecular weight excluding hydrogens is 339 g/mol. The van der Waals surface area contributed by atoms with Gasteiger partial charge in [0.15, 0.2) is 0 Å². The maximum absolute atomic E-state index is 13.3. The minimum atomic E-state index is -0.449. The molecule has 0 aliphatic carbocycles. The fraction of sp³-hybridized carbons (Fsp3) is 0.435. The fourth-order valence-corrected chi connectivity index (χ4v) is 3.28. The van der Waals surface area contributed by atoms with Gasteiger partial charge in [-0.15, -0.1) is 0 Å². The van der Waals surface area contributed by atoms with E-state index in [1.165, 1.54) is 23.3 Å². The average molecular weight is 371 g/mol. The second-order valence-corrected chi connectivity index (χ2v) is 7.68. The van der Waals surface area contributed by atoms with E-state index in [9.17, 15) is 9.18 Å². The molecule has 0 heterocycles. The second-order valence-electron chi connectivity index (χ2n) is 7.68. The van der Waals surface area contributed by atoms with E-state index in [0.29, 0.717) is 18.9 Å². The third-order valence-corrected chi connectivity index (χ3v) is 4.78. The SMILES string of the molecule is Cc1ccc(C(CCCNC(=O)[C@@H](N)CC(C)C)c2ccc(F)cc2)cc1. The summed E-state index contributed by atoms with van der Waals surface area (Å²) in [6.07, 6.45) is 2.39. The Morgan fingerprint density at radius 2 is 1.59 bits per heavy atom. The van der Waals surface area contributed by atoms with Crippen LogP contribution in [0.2, 0.25) is 0 Å². The lowest BCUT2D eigenvalue weighted by molar-refractivity contribution is -0.122. The largest absolute Gasteiger partial charge is 0.355 e. The van der Waals surface area contributed by atoms with Gasteiger partial charge < -0.3 is 11.1 Å². The van der Waals surface area contributed by atoms with Crippen LogP contribution < -0.4 is 11.1 Å². The van der Waals surface area contributed by atoms with Gasteiger partial charge in [0, 0.05) is 12.5 Å². The minimum Gasteiger partial charge on any atom is -0.355 e. The molecule has 0 aliphatic heterocycles. The van der Waals surface area contributed by atoms with Crippen LogP contribution in [0, 0.1) is 18.7 Å². The number of nitrogens with one attached hydrogen (secondary N) is 1. The molecule has 1 amide bonds. The Morgan fingerprint density at radius 1 is 1.04 bits per heavy atom. The molecule has 2 aromatic rings. The predicted molar refractivity (Wildman–Crippen MR) is 109 cm³/mol. The number of carbonyl (C=O) groups excluding carboxylic acids is 1. The van der Waals surface area contributed by atoms with Gasteiger partial charge in [0.25, 0.3) is 0 Å². The highest BCUT2D eigenvalue weighted by Crippen LogP contribution is 2.29. The van der Waals surface area contributed by atoms with E-state index in [1.54, 1.807) is 0 Å². The number of benzene rings is 2. The summed E-state index contributed by atoms with van der Waals surface area (Å²) < 4.78 is 13.3. The molecule has 3 N–H and O–H groups in total. The first-order valence-corrected chi connectivity index (χ1v) is 9.72. The standard InChI is InChI=1S/C23H31FN2O/c1-16(2)15-22(25)23(27)26-14-4-5-21(18-8-6-17(3)7-9-18)19-10-12-20(24)13-11-19/h6-13,16,21-22H,4-5,14-15,25H2,1-3H3,(H,26,27)/t21?,22-/m0/s1. The van der Waals surface area contributed by atoms with E-state index in [0.717, 1.165) is 18.4 Å². The summed E-state index contributed by atoms with van der Waals surface area (Å²) in [5.41, 5.74) is 9.42. The van der Waals surface area contributed by atoms with Crippen molar-refractivity contribution in [3.8, 4) is 0 Å². The van der Waals surface area contributed by atoms with Gasteiger partial charge >= 0.3 is 0 Å². The lowest BCUT2D eigenvalue weighted by atomic mass is 9.87. The van der Waals surface area contributed by atoms with E-state index in [1.807, 2.05) is 12.1 Å². The Kier molecular flexibility index (Phi) is 7.99. The molecule has 0 saturated carbocycles. The molecule has 27 heavy (non-hydrogen) atoms. The smallest absolute Gasteiger partial charge is 0.236 e. The quantitative estimate of drug-likeness (QED) is 0.637. The first-order chi connectivity index (χ1) is 12.9. The molecule has 2 rings (SSSR count).